The molecule has 61 heavy (non-hydrogen) atoms. The number of rotatable bonds is 10. The van der Waals surface area contributed by atoms with E-state index >= 15 is 0 Å². The number of likely N-dealkylation sites (tertiary alicyclic amines) is 2. The van der Waals surface area contributed by atoms with E-state index in [2.05, 4.69) is 50.2 Å². The Kier molecular flexibility index (Phi) is 10.8. The molecular formula is C45H55N9O7. The maximum Gasteiger partial charge on any atom is 0.407 e. The molecule has 4 atom stereocenters. The molecule has 0 unspecified atom stereocenters. The van der Waals surface area contributed by atoms with Gasteiger partial charge in [0.25, 0.3) is 0 Å². The van der Waals surface area contributed by atoms with Crippen LogP contribution < -0.4 is 10.1 Å². The summed E-state index contributed by atoms with van der Waals surface area (Å²) in [6.07, 6.45) is 4.95. The number of carboxylic acid groups (broad SMARTS) is 1. The molecular weight excluding hydrogens is 779 g/mol. The van der Waals surface area contributed by atoms with Gasteiger partial charge in [-0.2, -0.15) is 0 Å². The highest BCUT2D eigenvalue weighted by atomic mass is 16.5. The van der Waals surface area contributed by atoms with Gasteiger partial charge in [-0.3, -0.25) is 14.5 Å². The van der Waals surface area contributed by atoms with Crippen LogP contribution in [0, 0.1) is 11.8 Å². The topological polar surface area (TPSA) is 191 Å². The first-order valence-corrected chi connectivity index (χ1v) is 21.1. The van der Waals surface area contributed by atoms with Gasteiger partial charge in [-0.25, -0.2) is 19.6 Å². The summed E-state index contributed by atoms with van der Waals surface area (Å²) < 4.78 is 13.7. The van der Waals surface area contributed by atoms with Crippen LogP contribution in [0.5, 0.6) is 5.75 Å². The summed E-state index contributed by atoms with van der Waals surface area (Å²) in [4.78, 5) is 72.4. The SMILES string of the molecule is COC(=O)N[C@H](C(=O)N1CCC[C@H]1c1ncc(-c2ccc3c(c2)OC(C)(C)n2c-3cc3cc(-c4cnc([C@@H]5CCCN5C(=O)[C@H](C(C)C)N(C)C(=O)O)[nH]4)ccc32)[nH]1)C(C)C. The Labute approximate surface area is 354 Å². The molecule has 0 spiro atoms. The van der Waals surface area contributed by atoms with Crippen molar-refractivity contribution >= 4 is 34.9 Å². The van der Waals surface area contributed by atoms with E-state index in [4.69, 9.17) is 19.4 Å². The number of likely N-dealkylation sites (N-methyl/N-ethyl adjacent to an activating group) is 1. The Morgan fingerprint density at radius 1 is 0.869 bits per heavy atom. The molecule has 0 bridgehead atoms. The lowest BCUT2D eigenvalue weighted by Crippen LogP contribution is -2.51. The van der Waals surface area contributed by atoms with Crippen LogP contribution in [-0.2, 0) is 20.1 Å². The van der Waals surface area contributed by atoms with Crippen LogP contribution in [0.25, 0.3) is 44.7 Å². The van der Waals surface area contributed by atoms with Crippen molar-refractivity contribution in [3.63, 3.8) is 0 Å². The molecule has 0 aliphatic carbocycles. The predicted molar refractivity (Wildman–Crippen MR) is 228 cm³/mol. The number of amides is 4. The number of carbonyl (C=O) groups is 4. The number of methoxy groups -OCH3 is 1. The van der Waals surface area contributed by atoms with E-state index in [1.165, 1.54) is 14.2 Å². The average Bonchev–Trinajstić information content (AvgIpc) is 4.07. The first kappa shape index (κ1) is 41.4. The van der Waals surface area contributed by atoms with Crippen LogP contribution in [0.3, 0.4) is 0 Å². The highest BCUT2D eigenvalue weighted by Gasteiger charge is 2.41. The zero-order valence-corrected chi connectivity index (χ0v) is 36.0. The van der Waals surface area contributed by atoms with Crippen molar-refractivity contribution in [3.05, 3.63) is 66.5 Å². The summed E-state index contributed by atoms with van der Waals surface area (Å²) in [5, 5.41) is 13.4. The monoisotopic (exact) mass is 833 g/mol. The number of imidazole rings is 2. The normalized spacial score (nSPS) is 19.1. The lowest BCUT2D eigenvalue weighted by Gasteiger charge is -2.36. The number of nitrogens with one attached hydrogen (secondary N) is 3. The number of aromatic nitrogens is 5. The highest BCUT2D eigenvalue weighted by molar-refractivity contribution is 5.93. The van der Waals surface area contributed by atoms with Crippen molar-refractivity contribution in [1.29, 1.82) is 0 Å². The molecule has 2 fully saturated rings. The third-order valence-corrected chi connectivity index (χ3v) is 12.5. The van der Waals surface area contributed by atoms with Crippen molar-refractivity contribution in [2.45, 2.75) is 97.1 Å². The minimum absolute atomic E-state index is 0.126. The van der Waals surface area contributed by atoms with Crippen LogP contribution in [0.15, 0.2) is 54.9 Å². The predicted octanol–water partition coefficient (Wildman–Crippen LogP) is 7.52. The number of hydrogen-bond donors (Lipinski definition) is 4. The van der Waals surface area contributed by atoms with Gasteiger partial charge >= 0.3 is 12.2 Å². The van der Waals surface area contributed by atoms with Gasteiger partial charge in [0, 0.05) is 42.2 Å². The molecule has 3 aliphatic heterocycles. The largest absolute Gasteiger partial charge is 0.467 e. The second-order valence-corrected chi connectivity index (χ2v) is 17.6. The van der Waals surface area contributed by atoms with Crippen LogP contribution in [0.4, 0.5) is 9.59 Å². The molecule has 3 aromatic heterocycles. The highest BCUT2D eigenvalue weighted by Crippen LogP contribution is 2.46. The Balaban J connectivity index is 1.04. The fourth-order valence-corrected chi connectivity index (χ4v) is 9.46. The molecule has 16 heteroatoms. The summed E-state index contributed by atoms with van der Waals surface area (Å²) in [7, 11) is 2.74. The van der Waals surface area contributed by atoms with Crippen LogP contribution >= 0.6 is 0 Å². The summed E-state index contributed by atoms with van der Waals surface area (Å²) in [6.45, 7) is 12.7. The van der Waals surface area contributed by atoms with Crippen molar-refractivity contribution in [1.82, 2.24) is 44.5 Å². The van der Waals surface area contributed by atoms with E-state index in [1.807, 2.05) is 53.7 Å². The zero-order valence-electron chi connectivity index (χ0n) is 36.0. The first-order valence-electron chi connectivity index (χ1n) is 21.1. The smallest absolute Gasteiger partial charge is 0.407 e. The minimum atomic E-state index is -1.13. The van der Waals surface area contributed by atoms with E-state index in [1.54, 1.807) is 22.2 Å². The Morgan fingerprint density at radius 2 is 1.46 bits per heavy atom. The van der Waals surface area contributed by atoms with Gasteiger partial charge in [-0.1, -0.05) is 39.8 Å². The number of H-pyrrole nitrogens is 2. The molecule has 16 nitrogen and oxygen atoms in total. The van der Waals surface area contributed by atoms with E-state index in [0.717, 1.165) is 81.0 Å². The Bertz CT molecular complexity index is 2500. The second-order valence-electron chi connectivity index (χ2n) is 17.6. The van der Waals surface area contributed by atoms with E-state index < -0.39 is 30.0 Å². The molecule has 8 rings (SSSR count). The van der Waals surface area contributed by atoms with Crippen molar-refractivity contribution in [2.24, 2.45) is 11.8 Å². The van der Waals surface area contributed by atoms with Crippen LogP contribution in [0.2, 0.25) is 0 Å². The molecule has 2 aromatic carbocycles. The standard InChI is InChI=1S/C45H55N9O7/c1-24(2)37(50-43(57)60-8)41(55)52-17-9-11-33(52)39-47-23-31(49-39)27-13-15-29-35-20-28-19-26(14-16-32(28)54(35)45(5,6)61-36(29)21-27)30-22-46-40(48-30)34-12-10-18-53(34)42(56)38(25(3)4)51(7)44(58)59/h13-16,19-25,33-34,37-38H,9-12,17-18H2,1-8H3,(H,46,48)(H,47,49)(H,50,57)(H,58,59)/t33-,34-,37-,38-/m0/s1. The quantitative estimate of drug-likeness (QED) is 0.110. The third kappa shape index (κ3) is 7.45. The maximum atomic E-state index is 13.8. The molecule has 0 radical (unpaired) electrons. The summed E-state index contributed by atoms with van der Waals surface area (Å²) in [5.41, 5.74) is 5.74. The molecule has 3 aliphatic rings. The van der Waals surface area contributed by atoms with Gasteiger partial charge in [0.05, 0.1) is 54.2 Å². The number of fused-ring (bicyclic) bond motifs is 5. The van der Waals surface area contributed by atoms with Crippen molar-refractivity contribution in [3.8, 4) is 39.5 Å². The van der Waals surface area contributed by atoms with Crippen LogP contribution in [0.1, 0.15) is 91.0 Å². The van der Waals surface area contributed by atoms with E-state index in [-0.39, 0.29) is 35.7 Å². The number of ether oxygens (including phenoxy) is 2. The third-order valence-electron chi connectivity index (χ3n) is 12.5. The average molecular weight is 834 g/mol. The summed E-state index contributed by atoms with van der Waals surface area (Å²) in [6, 6.07) is 12.6. The zero-order chi connectivity index (χ0) is 43.5. The lowest BCUT2D eigenvalue weighted by atomic mass is 10.0. The summed E-state index contributed by atoms with van der Waals surface area (Å²) in [5.74, 6) is 1.44. The van der Waals surface area contributed by atoms with Crippen molar-refractivity contribution in [2.75, 3.05) is 27.2 Å². The Hall–Kier alpha value is -6.32. The van der Waals surface area contributed by atoms with Gasteiger partial charge in [-0.15, -0.1) is 0 Å². The van der Waals surface area contributed by atoms with Gasteiger partial charge < -0.3 is 44.2 Å². The van der Waals surface area contributed by atoms with Crippen molar-refractivity contribution < 1.29 is 33.8 Å². The molecule has 4 amide bonds. The van der Waals surface area contributed by atoms with E-state index in [9.17, 15) is 24.3 Å². The molecule has 2 saturated heterocycles. The number of nitrogens with zero attached hydrogens (tertiary/aromatic N) is 6. The number of hydrogen-bond acceptors (Lipinski definition) is 8. The molecule has 322 valence electrons. The van der Waals surface area contributed by atoms with Gasteiger partial charge in [-0.05, 0) is 81.7 Å². The molecule has 4 N–H and O–H groups in total. The minimum Gasteiger partial charge on any atom is -0.467 e. The lowest BCUT2D eigenvalue weighted by molar-refractivity contribution is -0.138. The van der Waals surface area contributed by atoms with Crippen LogP contribution in [-0.4, -0.2) is 108 Å². The number of aromatic amines is 2. The fraction of sp³-hybridized carbons (Fsp3) is 0.467. The van der Waals surface area contributed by atoms with Gasteiger partial charge in [0.15, 0.2) is 5.72 Å². The van der Waals surface area contributed by atoms with Gasteiger partial charge in [0.2, 0.25) is 11.8 Å². The number of alkyl carbamates (subject to hydrolysis) is 1. The van der Waals surface area contributed by atoms with E-state index in [0.29, 0.717) is 24.7 Å². The van der Waals surface area contributed by atoms with Gasteiger partial charge in [0.1, 0.15) is 29.5 Å². The number of carbonyl (C=O) groups excluding carboxylic acids is 3. The maximum absolute atomic E-state index is 13.8. The Morgan fingerprint density at radius 3 is 2.03 bits per heavy atom. The molecule has 6 heterocycles. The molecule has 5 aromatic rings. The fourth-order valence-electron chi connectivity index (χ4n) is 9.46. The number of benzene rings is 2. The second kappa shape index (κ2) is 15.9. The summed E-state index contributed by atoms with van der Waals surface area (Å²) >= 11 is 0. The first-order chi connectivity index (χ1) is 29.1. The molecule has 0 saturated carbocycles.